The molecule has 2 aromatic rings. The van der Waals surface area contributed by atoms with Crippen molar-refractivity contribution in [2.45, 2.75) is 26.8 Å². The third-order valence-electron chi connectivity index (χ3n) is 2.96. The van der Waals surface area contributed by atoms with Crippen LogP contribution in [-0.2, 0) is 13.0 Å². The van der Waals surface area contributed by atoms with Crippen molar-refractivity contribution < 1.29 is 8.78 Å². The van der Waals surface area contributed by atoms with Crippen LogP contribution >= 0.6 is 0 Å². The van der Waals surface area contributed by atoms with Crippen LogP contribution in [0.1, 0.15) is 17.0 Å². The number of hydrogen-bond donors (Lipinski definition) is 0. The fourth-order valence-corrected chi connectivity index (χ4v) is 2.05. The lowest BCUT2D eigenvalue weighted by atomic mass is 10.1. The van der Waals surface area contributed by atoms with E-state index in [9.17, 15) is 8.78 Å². The minimum Gasteiger partial charge on any atom is -0.349 e. The highest BCUT2D eigenvalue weighted by atomic mass is 19.1. The lowest BCUT2D eigenvalue weighted by Gasteiger charge is -2.09. The summed E-state index contributed by atoms with van der Waals surface area (Å²) in [5.74, 6) is -1.03. The van der Waals surface area contributed by atoms with Gasteiger partial charge in [-0.1, -0.05) is 0 Å². The molecule has 0 atom stereocenters. The van der Waals surface area contributed by atoms with Crippen LogP contribution in [0.3, 0.4) is 0 Å². The van der Waals surface area contributed by atoms with Gasteiger partial charge in [0.25, 0.3) is 0 Å². The van der Waals surface area contributed by atoms with Crippen molar-refractivity contribution in [2.24, 2.45) is 0 Å². The second-order valence-electron chi connectivity index (χ2n) is 4.30. The van der Waals surface area contributed by atoms with Crippen LogP contribution in [0, 0.1) is 25.5 Å². The predicted molar refractivity (Wildman–Crippen MR) is 64.0 cm³/mol. The molecule has 90 valence electrons. The Balaban J connectivity index is 2.12. The molecular weight excluding hydrogens is 220 g/mol. The first-order chi connectivity index (χ1) is 8.06. The van der Waals surface area contributed by atoms with E-state index in [-0.39, 0.29) is 0 Å². The maximum absolute atomic E-state index is 13.0. The fourth-order valence-electron chi connectivity index (χ4n) is 2.05. The molecule has 0 bridgehead atoms. The zero-order chi connectivity index (χ0) is 12.4. The molecule has 0 unspecified atom stereocenters. The van der Waals surface area contributed by atoms with Crippen molar-refractivity contribution in [1.29, 1.82) is 0 Å². The zero-order valence-corrected chi connectivity index (χ0v) is 10.0. The number of aromatic nitrogens is 1. The average molecular weight is 235 g/mol. The summed E-state index contributed by atoms with van der Waals surface area (Å²) in [5.41, 5.74) is 3.02. The Kier molecular flexibility index (Phi) is 3.27. The molecule has 0 saturated carbocycles. The van der Waals surface area contributed by atoms with Gasteiger partial charge < -0.3 is 4.57 Å². The van der Waals surface area contributed by atoms with Crippen molar-refractivity contribution in [3.63, 3.8) is 0 Å². The summed E-state index contributed by atoms with van der Waals surface area (Å²) in [4.78, 5) is 0. The first-order valence-corrected chi connectivity index (χ1v) is 5.64. The van der Waals surface area contributed by atoms with Crippen molar-refractivity contribution >= 4 is 0 Å². The highest BCUT2D eigenvalue weighted by molar-refractivity contribution is 5.19. The van der Waals surface area contributed by atoms with Crippen LogP contribution < -0.4 is 0 Å². The van der Waals surface area contributed by atoms with Gasteiger partial charge in [-0.25, -0.2) is 8.78 Å². The molecule has 0 fully saturated rings. The van der Waals surface area contributed by atoms with Gasteiger partial charge in [0.15, 0.2) is 0 Å². The summed E-state index contributed by atoms with van der Waals surface area (Å²) in [5, 5.41) is 0. The van der Waals surface area contributed by atoms with E-state index in [2.05, 4.69) is 4.57 Å². The number of hydrogen-bond acceptors (Lipinski definition) is 0. The summed E-state index contributed by atoms with van der Waals surface area (Å²) in [7, 11) is 0. The second kappa shape index (κ2) is 4.70. The van der Waals surface area contributed by atoms with Gasteiger partial charge in [0.2, 0.25) is 0 Å². The standard InChI is InChI=1S/C14H15F2N/c1-10-3-4-11(2)17(10)6-5-12-7-13(15)9-14(16)8-12/h3-4,7-9H,5-6H2,1-2H3. The van der Waals surface area contributed by atoms with Gasteiger partial charge in [0, 0.05) is 24.0 Å². The number of halogens is 2. The van der Waals surface area contributed by atoms with Gasteiger partial charge in [0.05, 0.1) is 0 Å². The molecule has 1 aromatic heterocycles. The summed E-state index contributed by atoms with van der Waals surface area (Å²) in [6.07, 6.45) is 0.630. The van der Waals surface area contributed by atoms with E-state index in [1.165, 1.54) is 23.5 Å². The van der Waals surface area contributed by atoms with E-state index in [4.69, 9.17) is 0 Å². The molecule has 1 nitrogen and oxygen atoms in total. The van der Waals surface area contributed by atoms with Crippen molar-refractivity contribution in [3.8, 4) is 0 Å². The lowest BCUT2D eigenvalue weighted by Crippen LogP contribution is -2.05. The Labute approximate surface area is 99.7 Å². The number of rotatable bonds is 3. The van der Waals surface area contributed by atoms with Crippen LogP contribution in [0.15, 0.2) is 30.3 Å². The van der Waals surface area contributed by atoms with E-state index in [0.29, 0.717) is 12.0 Å². The maximum atomic E-state index is 13.0. The van der Waals surface area contributed by atoms with E-state index in [1.807, 2.05) is 26.0 Å². The van der Waals surface area contributed by atoms with E-state index >= 15 is 0 Å². The molecule has 1 heterocycles. The van der Waals surface area contributed by atoms with E-state index in [1.54, 1.807) is 0 Å². The quantitative estimate of drug-likeness (QED) is 0.765. The molecule has 17 heavy (non-hydrogen) atoms. The van der Waals surface area contributed by atoms with Crippen LogP contribution in [0.4, 0.5) is 8.78 Å². The average Bonchev–Trinajstić information content (AvgIpc) is 2.55. The molecule has 1 aromatic carbocycles. The molecule has 2 rings (SSSR count). The first kappa shape index (κ1) is 11.8. The van der Waals surface area contributed by atoms with Crippen LogP contribution in [0.25, 0.3) is 0 Å². The highest BCUT2D eigenvalue weighted by Gasteiger charge is 2.04. The largest absolute Gasteiger partial charge is 0.349 e. The molecule has 0 spiro atoms. The van der Waals surface area contributed by atoms with E-state index < -0.39 is 11.6 Å². The van der Waals surface area contributed by atoms with Crippen LogP contribution in [0.2, 0.25) is 0 Å². The van der Waals surface area contributed by atoms with Gasteiger partial charge >= 0.3 is 0 Å². The number of aryl methyl sites for hydroxylation is 3. The Bertz CT molecular complexity index is 489. The fraction of sp³-hybridized carbons (Fsp3) is 0.286. The molecule has 0 N–H and O–H groups in total. The monoisotopic (exact) mass is 235 g/mol. The molecule has 0 radical (unpaired) electrons. The van der Waals surface area contributed by atoms with Crippen LogP contribution in [-0.4, -0.2) is 4.57 Å². The van der Waals surface area contributed by atoms with Crippen molar-refractivity contribution in [1.82, 2.24) is 4.57 Å². The molecular formula is C14H15F2N. The topological polar surface area (TPSA) is 4.93 Å². The highest BCUT2D eigenvalue weighted by Crippen LogP contribution is 2.12. The Hall–Kier alpha value is -1.64. The van der Waals surface area contributed by atoms with Crippen molar-refractivity contribution in [3.05, 3.63) is 58.9 Å². The van der Waals surface area contributed by atoms with Gasteiger partial charge in [-0.15, -0.1) is 0 Å². The lowest BCUT2D eigenvalue weighted by molar-refractivity contribution is 0.575. The summed E-state index contributed by atoms with van der Waals surface area (Å²) >= 11 is 0. The Morgan fingerprint density at radius 1 is 0.941 bits per heavy atom. The minimum absolute atomic E-state index is 0.513. The number of benzene rings is 1. The molecule has 0 aliphatic carbocycles. The molecule has 3 heteroatoms. The third kappa shape index (κ3) is 2.73. The normalized spacial score (nSPS) is 10.8. The Morgan fingerprint density at radius 2 is 1.47 bits per heavy atom. The summed E-state index contributed by atoms with van der Waals surface area (Å²) < 4.78 is 28.2. The smallest absolute Gasteiger partial charge is 0.126 e. The predicted octanol–water partition coefficient (Wildman–Crippen LogP) is 3.63. The second-order valence-corrected chi connectivity index (χ2v) is 4.30. The Morgan fingerprint density at radius 3 is 2.00 bits per heavy atom. The summed E-state index contributed by atoms with van der Waals surface area (Å²) in [6.45, 7) is 4.80. The van der Waals surface area contributed by atoms with Gasteiger partial charge in [-0.2, -0.15) is 0 Å². The maximum Gasteiger partial charge on any atom is 0.126 e. The van der Waals surface area contributed by atoms with Crippen molar-refractivity contribution in [2.75, 3.05) is 0 Å². The molecule has 0 aliphatic heterocycles. The van der Waals surface area contributed by atoms with Gasteiger partial charge in [-0.05, 0) is 50.1 Å². The summed E-state index contributed by atoms with van der Waals surface area (Å²) in [6, 6.07) is 7.76. The SMILES string of the molecule is Cc1ccc(C)n1CCc1cc(F)cc(F)c1. The van der Waals surface area contributed by atoms with Gasteiger partial charge in [0.1, 0.15) is 11.6 Å². The molecule has 0 aliphatic rings. The first-order valence-electron chi connectivity index (χ1n) is 5.64. The third-order valence-corrected chi connectivity index (χ3v) is 2.96. The zero-order valence-electron chi connectivity index (χ0n) is 10.0. The number of nitrogens with zero attached hydrogens (tertiary/aromatic N) is 1. The van der Waals surface area contributed by atoms with Crippen LogP contribution in [0.5, 0.6) is 0 Å². The molecule has 0 saturated heterocycles. The van der Waals surface area contributed by atoms with E-state index in [0.717, 1.165) is 12.6 Å². The minimum atomic E-state index is -0.513. The van der Waals surface area contributed by atoms with Gasteiger partial charge in [-0.3, -0.25) is 0 Å². The molecule has 0 amide bonds.